The number of nitrogens with one attached hydrogen (secondary N) is 3. The van der Waals surface area contributed by atoms with Gasteiger partial charge in [-0.1, -0.05) is 86.1 Å². The Morgan fingerprint density at radius 3 is 1.53 bits per heavy atom. The molecular weight excluding hydrogens is 1190 g/mol. The van der Waals surface area contributed by atoms with E-state index in [9.17, 15) is 52.6 Å². The van der Waals surface area contributed by atoms with Gasteiger partial charge in [-0.25, -0.2) is 32.9 Å². The first-order valence-corrected chi connectivity index (χ1v) is 28.4. The fraction of sp³-hybridized carbons (Fsp3) is 0.0563. The number of nitro groups is 2. The lowest BCUT2D eigenvalue weighted by Crippen LogP contribution is -2.01. The number of halogens is 3. The van der Waals surface area contributed by atoms with Crippen LogP contribution in [0.4, 0.5) is 35.9 Å². The number of carbonyl (C=O) groups excluding carboxylic acids is 4. The van der Waals surface area contributed by atoms with E-state index in [0.717, 1.165) is 69.6 Å². The first-order chi connectivity index (χ1) is 45.1. The van der Waals surface area contributed by atoms with Crippen molar-refractivity contribution in [2.45, 2.75) is 19.8 Å². The molecule has 0 atom stereocenters. The molecule has 0 spiro atoms. The topological polar surface area (TPSA) is 288 Å². The first kappa shape index (κ1) is 64.7. The minimum absolute atomic E-state index is 0.0606. The maximum absolute atomic E-state index is 13.1. The van der Waals surface area contributed by atoms with Crippen LogP contribution in [0.1, 0.15) is 62.0 Å². The zero-order chi connectivity index (χ0) is 65.8. The molecule has 0 saturated carbocycles. The van der Waals surface area contributed by atoms with E-state index in [1.54, 1.807) is 116 Å². The molecule has 0 aliphatic heterocycles. The lowest BCUT2D eigenvalue weighted by molar-refractivity contribution is -0.385. The molecule has 0 saturated heterocycles. The van der Waals surface area contributed by atoms with Crippen molar-refractivity contribution in [2.24, 2.45) is 4.99 Å². The highest BCUT2D eigenvalue weighted by Gasteiger charge is 2.19. The van der Waals surface area contributed by atoms with Gasteiger partial charge in [0.1, 0.15) is 46.4 Å². The van der Waals surface area contributed by atoms with Gasteiger partial charge in [-0.15, -0.1) is 0 Å². The molecule has 0 radical (unpaired) electrons. The number of pyridine rings is 3. The lowest BCUT2D eigenvalue weighted by Gasteiger charge is -2.04. The third-order valence-electron chi connectivity index (χ3n) is 13.9. The molecule has 0 aliphatic rings. The van der Waals surface area contributed by atoms with Crippen LogP contribution in [0.25, 0.3) is 66.5 Å². The molecule has 0 aliphatic carbocycles. The van der Waals surface area contributed by atoms with Crippen molar-refractivity contribution in [3.05, 3.63) is 297 Å². The van der Waals surface area contributed by atoms with Crippen LogP contribution in [0, 0.1) is 37.7 Å². The molecule has 0 unspecified atom stereocenters. The van der Waals surface area contributed by atoms with Gasteiger partial charge in [0.25, 0.3) is 11.4 Å². The summed E-state index contributed by atoms with van der Waals surface area (Å²) < 4.78 is 44.5. The lowest BCUT2D eigenvalue weighted by atomic mass is 10.0. The first-order valence-electron chi connectivity index (χ1n) is 28.4. The fourth-order valence-corrected chi connectivity index (χ4v) is 9.19. The Labute approximate surface area is 527 Å². The van der Waals surface area contributed by atoms with Gasteiger partial charge in [0, 0.05) is 128 Å². The second kappa shape index (κ2) is 30.9. The summed E-state index contributed by atoms with van der Waals surface area (Å²) in [5, 5.41) is 23.5. The quantitative estimate of drug-likeness (QED) is 0.0109. The average molecular weight is 1250 g/mol. The minimum atomic E-state index is -0.541. The number of carbonyl (C=O) groups is 3. The molecule has 13 aromatic rings. The molecule has 0 amide bonds. The van der Waals surface area contributed by atoms with Gasteiger partial charge < -0.3 is 25.4 Å². The number of ketones is 2. The molecule has 93 heavy (non-hydrogen) atoms. The summed E-state index contributed by atoms with van der Waals surface area (Å²) in [6.07, 6.45) is 14.4. The number of ether oxygens (including phenoxy) is 1. The molecule has 0 fully saturated rings. The number of nitrogen functional groups attached to an aromatic ring is 1. The smallest absolute Gasteiger partial charge is 0.270 e. The van der Waals surface area contributed by atoms with Crippen LogP contribution in [-0.4, -0.2) is 70.3 Å². The standard InChI is InChI=1S/C20H12FN3O3.C20H14FN3O.C13H9FN2.C11H13NO2.C7H5NO3/c21-15-6-4-12(5-7-15)14-9-17-18(11-23-20(17)22-10-14)19(25)13-2-1-3-16(8-13)24(26)27;21-15-6-4-12(5-7-15)14-9-17-18(11-24-20(17)23-10-14)19(25)13-2-1-3-16(22)8-13;14-12-3-1-9(2-4-12)11-7-10-5-6-15-13(10)16-8-11;1-2-3-8-14-11-6-4-10(5-7-11)12-9-13;9-5-6-2-1-3-7(4-6)8(10)11/h1-11H,(H,22,23);1-11H,22H2,(H,23,24);1-8H,(H,15,16);4-7H,2-3,8H2,1H3;1-5H. The highest BCUT2D eigenvalue weighted by Crippen LogP contribution is 2.30. The molecule has 13 rings (SSSR count). The molecular formula is C71H53F3N10O9. The number of fused-ring (bicyclic) bond motifs is 3. The Balaban J connectivity index is 0.000000143. The number of hydrogen-bond donors (Lipinski definition) is 4. The Morgan fingerprint density at radius 1 is 0.570 bits per heavy atom. The number of isocyanates is 1. The summed E-state index contributed by atoms with van der Waals surface area (Å²) in [5.74, 6) is -0.518. The van der Waals surface area contributed by atoms with E-state index >= 15 is 0 Å². The van der Waals surface area contributed by atoms with Gasteiger partial charge in [-0.3, -0.25) is 34.6 Å². The number of nitro benzene ring substituents is 2. The Kier molecular flexibility index (Phi) is 21.5. The normalized spacial score (nSPS) is 10.4. The van der Waals surface area contributed by atoms with Crippen LogP contribution >= 0.6 is 0 Å². The van der Waals surface area contributed by atoms with E-state index in [0.29, 0.717) is 62.0 Å². The fourth-order valence-electron chi connectivity index (χ4n) is 9.19. The second-order valence-electron chi connectivity index (χ2n) is 20.3. The number of hydrogen-bond acceptors (Lipinski definition) is 14. The summed E-state index contributed by atoms with van der Waals surface area (Å²) in [6, 6.07) is 51.3. The zero-order valence-corrected chi connectivity index (χ0v) is 49.2. The van der Waals surface area contributed by atoms with Gasteiger partial charge in [0.2, 0.25) is 6.08 Å². The minimum Gasteiger partial charge on any atom is -0.494 e. The summed E-state index contributed by atoms with van der Waals surface area (Å²) in [4.78, 5) is 91.3. The Bertz CT molecular complexity index is 4840. The van der Waals surface area contributed by atoms with Gasteiger partial charge in [-0.2, -0.15) is 4.99 Å². The third kappa shape index (κ3) is 17.1. The molecule has 22 heteroatoms. The highest BCUT2D eigenvalue weighted by atomic mass is 19.1. The van der Waals surface area contributed by atoms with Crippen molar-refractivity contribution in [1.29, 1.82) is 0 Å². The van der Waals surface area contributed by atoms with Crippen molar-refractivity contribution in [3.8, 4) is 39.1 Å². The predicted molar refractivity (Wildman–Crippen MR) is 348 cm³/mol. The van der Waals surface area contributed by atoms with Gasteiger partial charge in [0.15, 0.2) is 11.6 Å². The van der Waals surface area contributed by atoms with E-state index in [1.807, 2.05) is 24.4 Å². The summed E-state index contributed by atoms with van der Waals surface area (Å²) in [7, 11) is 0. The molecule has 19 nitrogen and oxygen atoms in total. The molecule has 5 N–H and O–H groups in total. The van der Waals surface area contributed by atoms with Crippen LogP contribution in [0.2, 0.25) is 0 Å². The molecule has 6 heterocycles. The Hall–Kier alpha value is -12.8. The van der Waals surface area contributed by atoms with Crippen molar-refractivity contribution in [1.82, 2.24) is 29.9 Å². The van der Waals surface area contributed by atoms with Crippen molar-refractivity contribution in [3.63, 3.8) is 0 Å². The zero-order valence-electron chi connectivity index (χ0n) is 49.2. The largest absolute Gasteiger partial charge is 0.494 e. The number of non-ortho nitro benzene ring substituents is 2. The van der Waals surface area contributed by atoms with Gasteiger partial charge in [0.05, 0.1) is 22.1 Å². The van der Waals surface area contributed by atoms with E-state index in [4.69, 9.17) is 10.5 Å². The van der Waals surface area contributed by atoms with E-state index in [2.05, 4.69) is 41.8 Å². The van der Waals surface area contributed by atoms with Gasteiger partial charge >= 0.3 is 0 Å². The molecule has 6 aromatic heterocycles. The molecule has 462 valence electrons. The van der Waals surface area contributed by atoms with Crippen LogP contribution in [0.3, 0.4) is 0 Å². The summed E-state index contributed by atoms with van der Waals surface area (Å²) in [5.41, 5.74) is 15.8. The van der Waals surface area contributed by atoms with Crippen LogP contribution in [-0.2, 0) is 4.79 Å². The molecule has 7 aromatic carbocycles. The van der Waals surface area contributed by atoms with Crippen molar-refractivity contribution >= 4 is 79.8 Å². The number of benzene rings is 7. The average Bonchev–Trinajstić information content (AvgIpc) is 1.71. The number of aromatic nitrogens is 6. The number of H-pyrrole nitrogens is 3. The monoisotopic (exact) mass is 1250 g/mol. The van der Waals surface area contributed by atoms with Crippen molar-refractivity contribution in [2.75, 3.05) is 12.3 Å². The number of anilines is 1. The number of aldehydes is 1. The highest BCUT2D eigenvalue weighted by molar-refractivity contribution is 6.17. The summed E-state index contributed by atoms with van der Waals surface area (Å²) >= 11 is 0. The maximum atomic E-state index is 13.1. The van der Waals surface area contributed by atoms with Crippen molar-refractivity contribution < 1.29 is 46.9 Å². The van der Waals surface area contributed by atoms with E-state index in [-0.39, 0.29) is 46.0 Å². The maximum Gasteiger partial charge on any atom is 0.270 e. The second-order valence-corrected chi connectivity index (χ2v) is 20.3. The number of aromatic amines is 3. The number of aliphatic imine (C=N–C) groups is 1. The number of nitrogens with zero attached hydrogens (tertiary/aromatic N) is 6. The van der Waals surface area contributed by atoms with Crippen LogP contribution in [0.15, 0.2) is 236 Å². The third-order valence-corrected chi connectivity index (χ3v) is 13.9. The van der Waals surface area contributed by atoms with E-state index < -0.39 is 9.85 Å². The van der Waals surface area contributed by atoms with Crippen LogP contribution in [0.5, 0.6) is 5.75 Å². The number of nitrogens with two attached hydrogens (primary N) is 1. The Morgan fingerprint density at radius 2 is 1.04 bits per heavy atom. The predicted octanol–water partition coefficient (Wildman–Crippen LogP) is 16.3. The summed E-state index contributed by atoms with van der Waals surface area (Å²) in [6.45, 7) is 2.85. The van der Waals surface area contributed by atoms with E-state index in [1.165, 1.54) is 97.2 Å². The number of unbranched alkanes of at least 4 members (excludes halogenated alkanes) is 1. The SMILES string of the molecule is CCCCOc1ccc(N=C=O)cc1.Fc1ccc(-c2cnc3[nH]ccc3c2)cc1.Nc1cccc(C(=O)c2c[nH]c3ncc(-c4ccc(F)cc4)cc23)c1.O=C(c1cccc([N+](=O)[O-])c1)c1c[nH]c2ncc(-c3ccc(F)cc3)cc12.O=Cc1cccc([N+](=O)[O-])c1. The molecule has 0 bridgehead atoms. The van der Waals surface area contributed by atoms with Crippen LogP contribution < -0.4 is 10.5 Å². The number of rotatable bonds is 15. The van der Waals surface area contributed by atoms with Gasteiger partial charge in [-0.05, 0) is 120 Å².